The van der Waals surface area contributed by atoms with Crippen molar-refractivity contribution in [2.24, 2.45) is 0 Å². The number of anilines is 2. The van der Waals surface area contributed by atoms with Crippen molar-refractivity contribution in [2.75, 3.05) is 10.6 Å². The number of hydrogen-bond donors (Lipinski definition) is 2. The zero-order valence-corrected chi connectivity index (χ0v) is 14.1. The Bertz CT molecular complexity index is 861. The molecule has 0 bridgehead atoms. The first-order valence-electron chi connectivity index (χ1n) is 6.86. The van der Waals surface area contributed by atoms with Crippen molar-refractivity contribution in [3.63, 3.8) is 0 Å². The Morgan fingerprint density at radius 2 is 2.00 bits per heavy atom. The molecule has 3 heterocycles. The van der Waals surface area contributed by atoms with Gasteiger partial charge in [0, 0.05) is 17.8 Å². The molecule has 0 saturated carbocycles. The molecule has 0 aliphatic heterocycles. The number of carbonyl (C=O) groups excluding carboxylic acids is 2. The van der Waals surface area contributed by atoms with Crippen LogP contribution >= 0.6 is 22.9 Å². The van der Waals surface area contributed by atoms with Gasteiger partial charge in [-0.3, -0.25) is 14.9 Å². The van der Waals surface area contributed by atoms with Crippen molar-refractivity contribution >= 4 is 44.8 Å². The molecule has 3 aromatic heterocycles. The monoisotopic (exact) mass is 360 g/mol. The second-order valence-corrected chi connectivity index (χ2v) is 6.39. The minimum atomic E-state index is -0.443. The summed E-state index contributed by atoms with van der Waals surface area (Å²) in [6, 6.07) is 3.43. The number of aryl methyl sites for hydroxylation is 1. The van der Waals surface area contributed by atoms with Gasteiger partial charge in [-0.15, -0.1) is 11.3 Å². The van der Waals surface area contributed by atoms with Gasteiger partial charge in [0.15, 0.2) is 5.13 Å². The van der Waals surface area contributed by atoms with Crippen LogP contribution in [-0.4, -0.2) is 31.1 Å². The lowest BCUT2D eigenvalue weighted by Crippen LogP contribution is -2.16. The van der Waals surface area contributed by atoms with Crippen LogP contribution < -0.4 is 10.6 Å². The Hall–Kier alpha value is -2.72. The third kappa shape index (κ3) is 4.18. The molecule has 2 N–H and O–H groups in total. The smallest absolute Gasteiger partial charge is 0.295 e. The largest absolute Gasteiger partial charge is 0.316 e. The predicted molar refractivity (Wildman–Crippen MR) is 91.3 cm³/mol. The van der Waals surface area contributed by atoms with Crippen LogP contribution in [0, 0.1) is 6.92 Å². The number of thiazole rings is 1. The maximum atomic E-state index is 12.0. The number of hydrogen-bond acceptors (Lipinski definition) is 8. The van der Waals surface area contributed by atoms with Gasteiger partial charge in [-0.1, -0.05) is 0 Å². The first-order valence-corrected chi connectivity index (χ1v) is 8.51. The standard InChI is InChI=1S/C14H12N6O2S2/c1-8-5-11(24-20-8)18-10(21)6-9-7-23-14(17-9)19-13(22)12-15-3-2-4-16-12/h2-5,7H,6H2,1H3,(H,18,21)(H,17,19,22). The Kier molecular flexibility index (Phi) is 4.87. The summed E-state index contributed by atoms with van der Waals surface area (Å²) in [6.45, 7) is 1.86. The van der Waals surface area contributed by atoms with Gasteiger partial charge >= 0.3 is 0 Å². The number of nitrogens with one attached hydrogen (secondary N) is 2. The van der Waals surface area contributed by atoms with Gasteiger partial charge in [-0.25, -0.2) is 15.0 Å². The minimum Gasteiger partial charge on any atom is -0.316 e. The maximum Gasteiger partial charge on any atom is 0.295 e. The molecule has 0 aromatic carbocycles. The Labute approximate surface area is 145 Å². The molecular formula is C14H12N6O2S2. The second-order valence-electron chi connectivity index (χ2n) is 4.73. The summed E-state index contributed by atoms with van der Waals surface area (Å²) in [6.07, 6.45) is 3.09. The molecule has 0 radical (unpaired) electrons. The highest BCUT2D eigenvalue weighted by Crippen LogP contribution is 2.18. The van der Waals surface area contributed by atoms with E-state index >= 15 is 0 Å². The van der Waals surface area contributed by atoms with Crippen LogP contribution in [0.5, 0.6) is 0 Å². The van der Waals surface area contributed by atoms with Crippen LogP contribution in [0.2, 0.25) is 0 Å². The van der Waals surface area contributed by atoms with Crippen molar-refractivity contribution in [1.29, 1.82) is 0 Å². The van der Waals surface area contributed by atoms with Crippen LogP contribution in [0.15, 0.2) is 29.9 Å². The van der Waals surface area contributed by atoms with Crippen LogP contribution in [0.4, 0.5) is 10.1 Å². The molecule has 8 nitrogen and oxygen atoms in total. The van der Waals surface area contributed by atoms with Crippen molar-refractivity contribution in [3.05, 3.63) is 47.1 Å². The average molecular weight is 360 g/mol. The first-order chi connectivity index (χ1) is 11.6. The van der Waals surface area contributed by atoms with Crippen molar-refractivity contribution in [2.45, 2.75) is 13.3 Å². The molecule has 10 heteroatoms. The first kappa shape index (κ1) is 16.1. The Morgan fingerprint density at radius 3 is 2.71 bits per heavy atom. The Morgan fingerprint density at radius 1 is 1.21 bits per heavy atom. The third-order valence-electron chi connectivity index (χ3n) is 2.77. The normalized spacial score (nSPS) is 10.4. The number of rotatable bonds is 5. The zero-order valence-electron chi connectivity index (χ0n) is 12.5. The molecule has 0 fully saturated rings. The second kappa shape index (κ2) is 7.23. The average Bonchev–Trinajstić information content (AvgIpc) is 3.17. The molecule has 0 spiro atoms. The van der Waals surface area contributed by atoms with Gasteiger partial charge < -0.3 is 5.32 Å². The van der Waals surface area contributed by atoms with Crippen molar-refractivity contribution < 1.29 is 9.59 Å². The highest BCUT2D eigenvalue weighted by Gasteiger charge is 2.13. The van der Waals surface area contributed by atoms with E-state index in [0.29, 0.717) is 15.8 Å². The van der Waals surface area contributed by atoms with Gasteiger partial charge in [-0.2, -0.15) is 4.37 Å². The lowest BCUT2D eigenvalue weighted by Gasteiger charge is -2.00. The van der Waals surface area contributed by atoms with Gasteiger partial charge in [0.25, 0.3) is 5.91 Å². The summed E-state index contributed by atoms with van der Waals surface area (Å²) in [4.78, 5) is 35.9. The molecule has 24 heavy (non-hydrogen) atoms. The quantitative estimate of drug-likeness (QED) is 0.721. The lowest BCUT2D eigenvalue weighted by atomic mass is 10.3. The fourth-order valence-electron chi connectivity index (χ4n) is 1.78. The molecule has 0 atom stereocenters. The SMILES string of the molecule is Cc1cc(NC(=O)Cc2csc(NC(=O)c3ncccn3)n2)sn1. The van der Waals surface area contributed by atoms with E-state index in [0.717, 1.165) is 5.69 Å². The highest BCUT2D eigenvalue weighted by atomic mass is 32.1. The summed E-state index contributed by atoms with van der Waals surface area (Å²) in [5, 5.41) is 8.18. The molecule has 0 aliphatic carbocycles. The summed E-state index contributed by atoms with van der Waals surface area (Å²) in [5.74, 6) is -0.568. The van der Waals surface area contributed by atoms with E-state index in [1.165, 1.54) is 35.3 Å². The molecule has 3 aromatic rings. The summed E-state index contributed by atoms with van der Waals surface area (Å²) >= 11 is 2.47. The fourth-order valence-corrected chi connectivity index (χ4v) is 3.17. The van der Waals surface area contributed by atoms with Crippen LogP contribution in [0.25, 0.3) is 0 Å². The molecule has 0 saturated heterocycles. The minimum absolute atomic E-state index is 0.0626. The van der Waals surface area contributed by atoms with Gasteiger partial charge in [0.1, 0.15) is 5.00 Å². The topological polar surface area (TPSA) is 110 Å². The fraction of sp³-hybridized carbons (Fsp3) is 0.143. The van der Waals surface area contributed by atoms with Crippen LogP contribution in [-0.2, 0) is 11.2 Å². The highest BCUT2D eigenvalue weighted by molar-refractivity contribution is 7.14. The van der Waals surface area contributed by atoms with E-state index in [-0.39, 0.29) is 18.2 Å². The van der Waals surface area contributed by atoms with E-state index in [2.05, 4.69) is 30.0 Å². The maximum absolute atomic E-state index is 12.0. The molecule has 0 aliphatic rings. The van der Waals surface area contributed by atoms with E-state index in [1.807, 2.05) is 6.92 Å². The van der Waals surface area contributed by atoms with Gasteiger partial charge in [-0.05, 0) is 30.6 Å². The molecule has 122 valence electrons. The van der Waals surface area contributed by atoms with Crippen molar-refractivity contribution in [3.8, 4) is 0 Å². The number of nitrogens with zero attached hydrogens (tertiary/aromatic N) is 4. The van der Waals surface area contributed by atoms with E-state index in [4.69, 9.17) is 0 Å². The predicted octanol–water partition coefficient (Wildman–Crippen LogP) is 2.13. The zero-order chi connectivity index (χ0) is 16.9. The molecule has 2 amide bonds. The van der Waals surface area contributed by atoms with Gasteiger partial charge in [0.05, 0.1) is 17.8 Å². The molecule has 3 rings (SSSR count). The van der Waals surface area contributed by atoms with E-state index in [1.54, 1.807) is 17.5 Å². The molecule has 0 unspecified atom stereocenters. The third-order valence-corrected chi connectivity index (χ3v) is 4.38. The van der Waals surface area contributed by atoms with Crippen LogP contribution in [0.1, 0.15) is 22.0 Å². The molecular weight excluding hydrogens is 348 g/mol. The number of carbonyl (C=O) groups is 2. The Balaban J connectivity index is 1.57. The lowest BCUT2D eigenvalue weighted by molar-refractivity contribution is -0.115. The summed E-state index contributed by atoms with van der Waals surface area (Å²) in [7, 11) is 0. The number of amides is 2. The van der Waals surface area contributed by atoms with E-state index in [9.17, 15) is 9.59 Å². The summed E-state index contributed by atoms with van der Waals surface area (Å²) < 4.78 is 4.10. The number of aromatic nitrogens is 4. The van der Waals surface area contributed by atoms with Gasteiger partial charge in [0.2, 0.25) is 11.7 Å². The summed E-state index contributed by atoms with van der Waals surface area (Å²) in [5.41, 5.74) is 1.43. The van der Waals surface area contributed by atoms with Crippen molar-refractivity contribution in [1.82, 2.24) is 19.3 Å². The van der Waals surface area contributed by atoms with Crippen LogP contribution in [0.3, 0.4) is 0 Å². The van der Waals surface area contributed by atoms with E-state index < -0.39 is 5.91 Å².